The minimum Gasteiger partial charge on any atom is -0.385 e. The summed E-state index contributed by atoms with van der Waals surface area (Å²) < 4.78 is 0. The van der Waals surface area contributed by atoms with Crippen LogP contribution in [0, 0.1) is 0 Å². The smallest absolute Gasteiger partial charge is 0.0375 e. The van der Waals surface area contributed by atoms with Crippen LogP contribution in [0.4, 0.5) is 5.69 Å². The maximum absolute atomic E-state index is 3.54. The molecule has 2 aliphatic heterocycles. The van der Waals surface area contributed by atoms with Crippen LogP contribution in [0.2, 0.25) is 0 Å². The molecule has 0 atom stereocenters. The number of rotatable bonds is 3. The number of piperazine rings is 1. The van der Waals surface area contributed by atoms with E-state index in [0.29, 0.717) is 0 Å². The van der Waals surface area contributed by atoms with Crippen molar-refractivity contribution in [3.05, 3.63) is 29.3 Å². The van der Waals surface area contributed by atoms with E-state index in [1.54, 1.807) is 11.1 Å². The fourth-order valence-corrected chi connectivity index (χ4v) is 3.70. The lowest BCUT2D eigenvalue weighted by atomic mass is 9.97. The van der Waals surface area contributed by atoms with E-state index < -0.39 is 0 Å². The zero-order chi connectivity index (χ0) is 13.4. The summed E-state index contributed by atoms with van der Waals surface area (Å²) in [5.41, 5.74) is 4.50. The fraction of sp³-hybridized carbons (Fsp3) is 0.647. The summed E-state index contributed by atoms with van der Waals surface area (Å²) in [5, 5.41) is 3.54. The average Bonchev–Trinajstić information content (AvgIpc) is 3.33. The summed E-state index contributed by atoms with van der Waals surface area (Å²) in [6.07, 6.45) is 5.41. The van der Waals surface area contributed by atoms with Crippen LogP contribution in [0.3, 0.4) is 0 Å². The Labute approximate surface area is 121 Å². The van der Waals surface area contributed by atoms with Crippen LogP contribution >= 0.6 is 0 Å². The Morgan fingerprint density at radius 2 is 1.95 bits per heavy atom. The van der Waals surface area contributed by atoms with E-state index in [9.17, 15) is 0 Å². The first-order chi connectivity index (χ1) is 9.90. The molecule has 1 N–H and O–H groups in total. The van der Waals surface area contributed by atoms with Gasteiger partial charge < -0.3 is 5.32 Å². The van der Waals surface area contributed by atoms with Crippen LogP contribution in [-0.2, 0) is 13.0 Å². The van der Waals surface area contributed by atoms with E-state index in [4.69, 9.17) is 0 Å². The molecule has 20 heavy (non-hydrogen) atoms. The number of fused-ring (bicyclic) bond motifs is 1. The second-order valence-electron chi connectivity index (χ2n) is 6.52. The van der Waals surface area contributed by atoms with Crippen molar-refractivity contribution in [2.45, 2.75) is 38.3 Å². The van der Waals surface area contributed by atoms with Crippen molar-refractivity contribution in [2.24, 2.45) is 0 Å². The molecule has 0 bridgehead atoms. The normalized spacial score (nSPS) is 24.2. The number of nitrogens with one attached hydrogen (secondary N) is 1. The molecule has 0 spiro atoms. The van der Waals surface area contributed by atoms with Gasteiger partial charge in [-0.25, -0.2) is 0 Å². The van der Waals surface area contributed by atoms with Gasteiger partial charge in [-0.2, -0.15) is 0 Å². The van der Waals surface area contributed by atoms with Crippen LogP contribution in [0.1, 0.15) is 30.4 Å². The highest BCUT2D eigenvalue weighted by Crippen LogP contribution is 2.29. The van der Waals surface area contributed by atoms with Gasteiger partial charge in [0.25, 0.3) is 0 Å². The summed E-state index contributed by atoms with van der Waals surface area (Å²) in [6.45, 7) is 7.32. The standard InChI is InChI=1S/C17H25N3/c1-3-14(16-4-2-8-18-17(16)5-1)13-19-9-11-20(12-10-19)15-6-7-15/h1,3,5,15,18H,2,4,6-13H2. The minimum absolute atomic E-state index is 0.936. The van der Waals surface area contributed by atoms with Crippen molar-refractivity contribution < 1.29 is 0 Å². The van der Waals surface area contributed by atoms with Gasteiger partial charge in [-0.3, -0.25) is 9.80 Å². The average molecular weight is 271 g/mol. The molecule has 1 aromatic rings. The molecule has 1 saturated heterocycles. The van der Waals surface area contributed by atoms with Gasteiger partial charge in [-0.1, -0.05) is 12.1 Å². The topological polar surface area (TPSA) is 18.5 Å². The quantitative estimate of drug-likeness (QED) is 0.910. The molecule has 2 fully saturated rings. The molecule has 0 amide bonds. The van der Waals surface area contributed by atoms with E-state index >= 15 is 0 Å². The Morgan fingerprint density at radius 1 is 1.10 bits per heavy atom. The monoisotopic (exact) mass is 271 g/mol. The second kappa shape index (κ2) is 5.38. The zero-order valence-electron chi connectivity index (χ0n) is 12.3. The predicted molar refractivity (Wildman–Crippen MR) is 83.1 cm³/mol. The maximum Gasteiger partial charge on any atom is 0.0375 e. The highest BCUT2D eigenvalue weighted by atomic mass is 15.3. The molecule has 0 aromatic heterocycles. The number of anilines is 1. The molecular formula is C17H25N3. The van der Waals surface area contributed by atoms with E-state index in [0.717, 1.165) is 19.1 Å². The Bertz CT molecular complexity index is 473. The molecule has 2 heterocycles. The fourth-order valence-electron chi connectivity index (χ4n) is 3.70. The Hall–Kier alpha value is -1.06. The summed E-state index contributed by atoms with van der Waals surface area (Å²) in [4.78, 5) is 5.33. The van der Waals surface area contributed by atoms with Gasteiger partial charge in [0, 0.05) is 51.0 Å². The van der Waals surface area contributed by atoms with Gasteiger partial charge in [0.15, 0.2) is 0 Å². The maximum atomic E-state index is 3.54. The highest BCUT2D eigenvalue weighted by Gasteiger charge is 2.31. The SMILES string of the molecule is c1cc(CN2CCN(C3CC3)CC2)c2c(c1)NCCC2. The third-order valence-electron chi connectivity index (χ3n) is 5.06. The van der Waals surface area contributed by atoms with Crippen molar-refractivity contribution in [3.8, 4) is 0 Å². The van der Waals surface area contributed by atoms with E-state index in [2.05, 4.69) is 33.3 Å². The third-order valence-corrected chi connectivity index (χ3v) is 5.06. The summed E-state index contributed by atoms with van der Waals surface area (Å²) in [7, 11) is 0. The van der Waals surface area contributed by atoms with Crippen LogP contribution in [0.5, 0.6) is 0 Å². The van der Waals surface area contributed by atoms with Gasteiger partial charge in [0.05, 0.1) is 0 Å². The molecule has 1 aromatic carbocycles. The van der Waals surface area contributed by atoms with Gasteiger partial charge in [0.2, 0.25) is 0 Å². The highest BCUT2D eigenvalue weighted by molar-refractivity contribution is 5.56. The molecule has 0 unspecified atom stereocenters. The number of hydrogen-bond acceptors (Lipinski definition) is 3. The molecule has 108 valence electrons. The number of nitrogens with zero attached hydrogens (tertiary/aromatic N) is 2. The van der Waals surface area contributed by atoms with Crippen molar-refractivity contribution >= 4 is 5.69 Å². The lowest BCUT2D eigenvalue weighted by Crippen LogP contribution is -2.46. The van der Waals surface area contributed by atoms with Crippen LogP contribution in [-0.4, -0.2) is 48.6 Å². The molecule has 3 aliphatic rings. The van der Waals surface area contributed by atoms with Crippen molar-refractivity contribution in [3.63, 3.8) is 0 Å². The summed E-state index contributed by atoms with van der Waals surface area (Å²) >= 11 is 0. The van der Waals surface area contributed by atoms with Crippen LogP contribution < -0.4 is 5.32 Å². The Morgan fingerprint density at radius 3 is 2.75 bits per heavy atom. The lowest BCUT2D eigenvalue weighted by Gasteiger charge is -2.35. The van der Waals surface area contributed by atoms with Gasteiger partial charge in [-0.15, -0.1) is 0 Å². The van der Waals surface area contributed by atoms with Crippen LogP contribution in [0.25, 0.3) is 0 Å². The Kier molecular flexibility index (Phi) is 3.41. The molecule has 0 radical (unpaired) electrons. The largest absolute Gasteiger partial charge is 0.385 e. The van der Waals surface area contributed by atoms with E-state index in [1.165, 1.54) is 57.5 Å². The van der Waals surface area contributed by atoms with Crippen molar-refractivity contribution in [1.82, 2.24) is 9.80 Å². The zero-order valence-corrected chi connectivity index (χ0v) is 12.3. The van der Waals surface area contributed by atoms with Gasteiger partial charge in [-0.05, 0) is 42.9 Å². The number of benzene rings is 1. The lowest BCUT2D eigenvalue weighted by molar-refractivity contribution is 0.121. The van der Waals surface area contributed by atoms with Crippen LogP contribution in [0.15, 0.2) is 18.2 Å². The molecule has 1 saturated carbocycles. The Balaban J connectivity index is 1.41. The number of hydrogen-bond donors (Lipinski definition) is 1. The van der Waals surface area contributed by atoms with Crippen molar-refractivity contribution in [2.75, 3.05) is 38.0 Å². The summed E-state index contributed by atoms with van der Waals surface area (Å²) in [5.74, 6) is 0. The minimum atomic E-state index is 0.936. The van der Waals surface area contributed by atoms with E-state index in [1.807, 2.05) is 0 Å². The first-order valence-corrected chi connectivity index (χ1v) is 8.21. The van der Waals surface area contributed by atoms with Gasteiger partial charge >= 0.3 is 0 Å². The van der Waals surface area contributed by atoms with E-state index in [-0.39, 0.29) is 0 Å². The first kappa shape index (κ1) is 12.7. The van der Waals surface area contributed by atoms with Crippen molar-refractivity contribution in [1.29, 1.82) is 0 Å². The molecule has 3 heteroatoms. The molecular weight excluding hydrogens is 246 g/mol. The predicted octanol–water partition coefficient (Wildman–Crippen LogP) is 2.32. The van der Waals surface area contributed by atoms with Gasteiger partial charge in [0.1, 0.15) is 0 Å². The third kappa shape index (κ3) is 2.57. The molecule has 4 rings (SSSR count). The molecule has 3 nitrogen and oxygen atoms in total. The first-order valence-electron chi connectivity index (χ1n) is 8.21. The molecule has 1 aliphatic carbocycles. The summed E-state index contributed by atoms with van der Waals surface area (Å²) in [6, 6.07) is 7.72. The second-order valence-corrected chi connectivity index (χ2v) is 6.52.